The number of halogens is 3. The van der Waals surface area contributed by atoms with E-state index in [0.29, 0.717) is 11.6 Å². The van der Waals surface area contributed by atoms with Gasteiger partial charge in [0.25, 0.3) is 5.91 Å². The molecule has 170 valence electrons. The van der Waals surface area contributed by atoms with Gasteiger partial charge in [-0.1, -0.05) is 53.9 Å². The first kappa shape index (κ1) is 23.4. The second-order valence-electron chi connectivity index (χ2n) is 7.52. The zero-order valence-electron chi connectivity index (χ0n) is 18.2. The van der Waals surface area contributed by atoms with Gasteiger partial charge in [0.1, 0.15) is 11.6 Å². The number of carbonyl (C=O) groups is 1. The molecule has 3 aromatic carbocycles. The van der Waals surface area contributed by atoms with E-state index in [4.69, 9.17) is 44.5 Å². The summed E-state index contributed by atoms with van der Waals surface area (Å²) in [7, 11) is 1.63. The monoisotopic (exact) mass is 501 g/mol. The Morgan fingerprint density at radius 3 is 2.33 bits per heavy atom. The molecule has 33 heavy (non-hydrogen) atoms. The molecule has 0 atom stereocenters. The van der Waals surface area contributed by atoms with Crippen molar-refractivity contribution in [1.29, 1.82) is 0 Å². The van der Waals surface area contributed by atoms with Gasteiger partial charge in [0.2, 0.25) is 0 Å². The molecule has 1 aromatic heterocycles. The van der Waals surface area contributed by atoms with Gasteiger partial charge in [-0.2, -0.15) is 0 Å². The fraction of sp³-hybridized carbons (Fsp3) is 0.200. The van der Waals surface area contributed by atoms with Crippen LogP contribution in [0.2, 0.25) is 15.1 Å². The zero-order chi connectivity index (χ0) is 23.5. The van der Waals surface area contributed by atoms with E-state index in [1.165, 1.54) is 12.1 Å². The Morgan fingerprint density at radius 2 is 1.70 bits per heavy atom. The number of amides is 1. The number of nitrogens with zero attached hydrogens (tertiary/aromatic N) is 3. The summed E-state index contributed by atoms with van der Waals surface area (Å²) in [6.45, 7) is 2.81. The summed E-state index contributed by atoms with van der Waals surface area (Å²) in [5, 5.41) is 0.828. The smallest absolute Gasteiger partial charge is 0.257 e. The molecule has 0 saturated carbocycles. The molecule has 5 nitrogen and oxygen atoms in total. The van der Waals surface area contributed by atoms with Crippen LogP contribution in [0.3, 0.4) is 0 Å². The normalized spacial score (nSPS) is 11.1. The van der Waals surface area contributed by atoms with Crippen molar-refractivity contribution in [2.75, 3.05) is 13.7 Å². The lowest BCUT2D eigenvalue weighted by molar-refractivity contribution is 0.0738. The zero-order valence-corrected chi connectivity index (χ0v) is 20.5. The van der Waals surface area contributed by atoms with Crippen LogP contribution < -0.4 is 4.74 Å². The molecule has 1 heterocycles. The standard InChI is InChI=1S/C25H22Cl3N3O2/c1-3-12-30(25(32)24-19(27)13-16(26)14-20(24)28)15-23-29-21-6-4-5-7-22(21)31(23)17-8-10-18(33-2)11-9-17/h4-11,13-14H,3,12,15H2,1-2H3. The number of para-hydroxylation sites is 2. The van der Waals surface area contributed by atoms with Gasteiger partial charge in [-0.05, 0) is 55.0 Å². The topological polar surface area (TPSA) is 47.4 Å². The highest BCUT2D eigenvalue weighted by Crippen LogP contribution is 2.31. The molecule has 4 rings (SSSR count). The first-order valence-electron chi connectivity index (χ1n) is 10.5. The molecule has 0 N–H and O–H groups in total. The van der Waals surface area contributed by atoms with Crippen molar-refractivity contribution in [3.8, 4) is 11.4 Å². The number of aromatic nitrogens is 2. The van der Waals surface area contributed by atoms with Gasteiger partial charge in [-0.25, -0.2) is 4.98 Å². The number of ether oxygens (including phenoxy) is 1. The van der Waals surface area contributed by atoms with Crippen LogP contribution in [0.1, 0.15) is 29.5 Å². The van der Waals surface area contributed by atoms with Gasteiger partial charge in [0.05, 0.1) is 40.3 Å². The van der Waals surface area contributed by atoms with Crippen LogP contribution in [0.4, 0.5) is 0 Å². The van der Waals surface area contributed by atoms with E-state index in [0.717, 1.165) is 34.7 Å². The van der Waals surface area contributed by atoms with Crippen molar-refractivity contribution < 1.29 is 9.53 Å². The van der Waals surface area contributed by atoms with Gasteiger partial charge in [-0.3, -0.25) is 9.36 Å². The minimum Gasteiger partial charge on any atom is -0.497 e. The number of rotatable bonds is 7. The van der Waals surface area contributed by atoms with Crippen molar-refractivity contribution >= 4 is 51.7 Å². The maximum atomic E-state index is 13.5. The van der Waals surface area contributed by atoms with Crippen molar-refractivity contribution in [3.63, 3.8) is 0 Å². The summed E-state index contributed by atoms with van der Waals surface area (Å²) in [6, 6.07) is 18.7. The summed E-state index contributed by atoms with van der Waals surface area (Å²) in [6.07, 6.45) is 0.761. The lowest BCUT2D eigenvalue weighted by atomic mass is 10.2. The van der Waals surface area contributed by atoms with E-state index in [9.17, 15) is 4.79 Å². The predicted molar refractivity (Wildman–Crippen MR) is 134 cm³/mol. The molecule has 8 heteroatoms. The Morgan fingerprint density at radius 1 is 1.03 bits per heavy atom. The number of hydrogen-bond acceptors (Lipinski definition) is 3. The van der Waals surface area contributed by atoms with Crippen LogP contribution in [-0.2, 0) is 6.54 Å². The summed E-state index contributed by atoms with van der Waals surface area (Å²) < 4.78 is 7.35. The molecular weight excluding hydrogens is 481 g/mol. The molecule has 0 aliphatic heterocycles. The van der Waals surface area contributed by atoms with Crippen LogP contribution in [0.5, 0.6) is 5.75 Å². The van der Waals surface area contributed by atoms with Crippen LogP contribution in [-0.4, -0.2) is 34.0 Å². The molecule has 0 unspecified atom stereocenters. The number of carbonyl (C=O) groups excluding carboxylic acids is 1. The SMILES string of the molecule is CCCN(Cc1nc2ccccc2n1-c1ccc(OC)cc1)C(=O)c1c(Cl)cc(Cl)cc1Cl. The molecular formula is C25H22Cl3N3O2. The van der Waals surface area contributed by atoms with E-state index in [1.807, 2.05) is 55.5 Å². The molecule has 0 radical (unpaired) electrons. The minimum absolute atomic E-state index is 0.224. The molecule has 0 aliphatic carbocycles. The van der Waals surface area contributed by atoms with Crippen LogP contribution in [0, 0.1) is 0 Å². The second-order valence-corrected chi connectivity index (χ2v) is 8.77. The molecule has 4 aromatic rings. The third-order valence-electron chi connectivity index (χ3n) is 5.29. The van der Waals surface area contributed by atoms with Crippen LogP contribution in [0.15, 0.2) is 60.7 Å². The Kier molecular flexibility index (Phi) is 7.13. The van der Waals surface area contributed by atoms with Crippen LogP contribution >= 0.6 is 34.8 Å². The average molecular weight is 503 g/mol. The van der Waals surface area contributed by atoms with Gasteiger partial charge in [0.15, 0.2) is 0 Å². The minimum atomic E-state index is -0.267. The summed E-state index contributed by atoms with van der Waals surface area (Å²) >= 11 is 18.7. The third-order valence-corrected chi connectivity index (χ3v) is 6.11. The van der Waals surface area contributed by atoms with Gasteiger partial charge < -0.3 is 9.64 Å². The number of hydrogen-bond donors (Lipinski definition) is 0. The molecule has 0 bridgehead atoms. The van der Waals surface area contributed by atoms with E-state index >= 15 is 0 Å². The van der Waals surface area contributed by atoms with Crippen LogP contribution in [0.25, 0.3) is 16.7 Å². The fourth-order valence-electron chi connectivity index (χ4n) is 3.80. The Hall–Kier alpha value is -2.73. The Labute approximate surface area is 207 Å². The first-order valence-corrected chi connectivity index (χ1v) is 11.6. The average Bonchev–Trinajstić information content (AvgIpc) is 3.16. The largest absolute Gasteiger partial charge is 0.497 e. The highest BCUT2D eigenvalue weighted by Gasteiger charge is 2.24. The lowest BCUT2D eigenvalue weighted by Crippen LogP contribution is -2.32. The number of imidazole rings is 1. The highest BCUT2D eigenvalue weighted by molar-refractivity contribution is 6.42. The van der Waals surface area contributed by atoms with Crippen molar-refractivity contribution in [1.82, 2.24) is 14.5 Å². The fourth-order valence-corrected chi connectivity index (χ4v) is 4.78. The number of methoxy groups -OCH3 is 1. The van der Waals surface area contributed by atoms with Gasteiger partial charge in [-0.15, -0.1) is 0 Å². The first-order chi connectivity index (χ1) is 15.9. The predicted octanol–water partition coefficient (Wildman–Crippen LogP) is 7.05. The molecule has 0 aliphatic rings. The molecule has 0 spiro atoms. The quantitative estimate of drug-likeness (QED) is 0.272. The Balaban J connectivity index is 1.78. The highest BCUT2D eigenvalue weighted by atomic mass is 35.5. The Bertz CT molecular complexity index is 1280. The lowest BCUT2D eigenvalue weighted by Gasteiger charge is -2.23. The van der Waals surface area contributed by atoms with Crippen molar-refractivity contribution in [2.24, 2.45) is 0 Å². The molecule has 0 saturated heterocycles. The van der Waals surface area contributed by atoms with Crippen molar-refractivity contribution in [2.45, 2.75) is 19.9 Å². The van der Waals surface area contributed by atoms with E-state index in [-0.39, 0.29) is 28.1 Å². The number of benzene rings is 3. The van der Waals surface area contributed by atoms with Gasteiger partial charge in [0, 0.05) is 17.3 Å². The summed E-state index contributed by atoms with van der Waals surface area (Å²) in [5.41, 5.74) is 2.95. The maximum absolute atomic E-state index is 13.5. The molecule has 1 amide bonds. The number of fused-ring (bicyclic) bond motifs is 1. The molecule has 0 fully saturated rings. The van der Waals surface area contributed by atoms with Gasteiger partial charge >= 0.3 is 0 Å². The maximum Gasteiger partial charge on any atom is 0.257 e. The summed E-state index contributed by atoms with van der Waals surface area (Å²) in [5.74, 6) is 1.22. The second kappa shape index (κ2) is 10.0. The summed E-state index contributed by atoms with van der Waals surface area (Å²) in [4.78, 5) is 20.0. The third kappa shape index (κ3) is 4.81. The van der Waals surface area contributed by atoms with Crippen molar-refractivity contribution in [3.05, 3.63) is 87.1 Å². The van der Waals surface area contributed by atoms with E-state index < -0.39 is 0 Å². The van der Waals surface area contributed by atoms with E-state index in [1.54, 1.807) is 12.0 Å². The van der Waals surface area contributed by atoms with E-state index in [2.05, 4.69) is 4.57 Å².